The maximum atomic E-state index is 4.02. The molecule has 2 heterocycles. The van der Waals surface area contributed by atoms with Crippen LogP contribution in [0.3, 0.4) is 0 Å². The number of hydrogen-bond acceptors (Lipinski definition) is 3. The molecule has 0 saturated carbocycles. The van der Waals surface area contributed by atoms with E-state index in [1.165, 1.54) is 18.4 Å². The largest absolute Gasteiger partial charge is 0.316 e. The summed E-state index contributed by atoms with van der Waals surface area (Å²) >= 11 is 0. The van der Waals surface area contributed by atoms with Gasteiger partial charge in [0, 0.05) is 18.9 Å². The molecule has 1 aromatic heterocycles. The van der Waals surface area contributed by atoms with Crippen LogP contribution in [-0.4, -0.2) is 23.1 Å². The van der Waals surface area contributed by atoms with E-state index in [0.717, 1.165) is 13.1 Å². The maximum absolute atomic E-state index is 4.02. The number of rotatable bonds is 1. The van der Waals surface area contributed by atoms with E-state index in [1.54, 1.807) is 6.33 Å². The molecule has 13 heavy (non-hydrogen) atoms. The third-order valence-corrected chi connectivity index (χ3v) is 2.35. The van der Waals surface area contributed by atoms with Crippen LogP contribution in [0.1, 0.15) is 24.3 Å². The van der Waals surface area contributed by atoms with Gasteiger partial charge in [0.1, 0.15) is 6.33 Å². The Morgan fingerprint density at radius 1 is 1.31 bits per heavy atom. The van der Waals surface area contributed by atoms with Crippen LogP contribution in [0.15, 0.2) is 18.7 Å². The zero-order valence-corrected chi connectivity index (χ0v) is 8.26. The van der Waals surface area contributed by atoms with Crippen LogP contribution >= 0.6 is 12.4 Å². The maximum Gasteiger partial charge on any atom is 0.115 e. The number of nitrogens with one attached hydrogen (secondary N) is 1. The van der Waals surface area contributed by atoms with Crippen LogP contribution in [0.4, 0.5) is 0 Å². The van der Waals surface area contributed by atoms with Crippen molar-refractivity contribution in [1.29, 1.82) is 0 Å². The van der Waals surface area contributed by atoms with E-state index in [2.05, 4.69) is 15.3 Å². The Kier molecular flexibility index (Phi) is 4.12. The quantitative estimate of drug-likeness (QED) is 0.743. The van der Waals surface area contributed by atoms with Gasteiger partial charge in [-0.1, -0.05) is 0 Å². The highest BCUT2D eigenvalue weighted by Gasteiger charge is 2.14. The Labute approximate surface area is 84.4 Å². The fourth-order valence-corrected chi connectivity index (χ4v) is 1.66. The topological polar surface area (TPSA) is 37.8 Å². The van der Waals surface area contributed by atoms with Crippen molar-refractivity contribution in [2.24, 2.45) is 0 Å². The summed E-state index contributed by atoms with van der Waals surface area (Å²) in [6, 6.07) is 0. The van der Waals surface area contributed by atoms with Gasteiger partial charge in [0.25, 0.3) is 0 Å². The Morgan fingerprint density at radius 3 is 2.69 bits per heavy atom. The van der Waals surface area contributed by atoms with Crippen molar-refractivity contribution in [3.63, 3.8) is 0 Å². The molecular weight excluding hydrogens is 186 g/mol. The summed E-state index contributed by atoms with van der Waals surface area (Å²) in [7, 11) is 0. The number of nitrogens with zero attached hydrogens (tertiary/aromatic N) is 2. The smallest absolute Gasteiger partial charge is 0.115 e. The lowest BCUT2D eigenvalue weighted by Crippen LogP contribution is -2.28. The molecule has 1 atom stereocenters. The molecule has 1 aliphatic heterocycles. The van der Waals surface area contributed by atoms with Crippen LogP contribution in [0.25, 0.3) is 0 Å². The second-order valence-electron chi connectivity index (χ2n) is 3.22. The molecule has 72 valence electrons. The van der Waals surface area contributed by atoms with Gasteiger partial charge in [-0.15, -0.1) is 12.4 Å². The van der Waals surface area contributed by atoms with Crippen LogP contribution in [0.5, 0.6) is 0 Å². The predicted molar refractivity (Wildman–Crippen MR) is 54.1 cm³/mol. The fourth-order valence-electron chi connectivity index (χ4n) is 1.66. The third-order valence-electron chi connectivity index (χ3n) is 2.35. The summed E-state index contributed by atoms with van der Waals surface area (Å²) in [6.07, 6.45) is 7.95. The highest BCUT2D eigenvalue weighted by atomic mass is 35.5. The molecule has 0 aromatic carbocycles. The second kappa shape index (κ2) is 5.14. The normalized spacial score (nSPS) is 22.0. The lowest BCUT2D eigenvalue weighted by Gasteiger charge is -2.22. The monoisotopic (exact) mass is 199 g/mol. The molecule has 3 nitrogen and oxygen atoms in total. The highest BCUT2D eigenvalue weighted by Crippen LogP contribution is 2.20. The summed E-state index contributed by atoms with van der Waals surface area (Å²) in [6.45, 7) is 2.23. The van der Waals surface area contributed by atoms with Gasteiger partial charge >= 0.3 is 0 Å². The van der Waals surface area contributed by atoms with Gasteiger partial charge in [0.05, 0.1) is 0 Å². The van der Waals surface area contributed by atoms with Crippen LogP contribution in [0, 0.1) is 0 Å². The molecule has 1 saturated heterocycles. The zero-order chi connectivity index (χ0) is 8.23. The Balaban J connectivity index is 0.000000845. The standard InChI is InChI=1S/C9H13N3.ClH/c1-2-8(4-10-3-1)9-5-11-7-12-6-9;/h5-8,10H,1-4H2;1H/t8-;/m0./s1. The first-order valence-corrected chi connectivity index (χ1v) is 4.42. The minimum Gasteiger partial charge on any atom is -0.316 e. The molecule has 1 aliphatic rings. The highest BCUT2D eigenvalue weighted by molar-refractivity contribution is 5.85. The minimum absolute atomic E-state index is 0. The summed E-state index contributed by atoms with van der Waals surface area (Å²) < 4.78 is 0. The third kappa shape index (κ3) is 2.64. The van der Waals surface area contributed by atoms with E-state index in [1.807, 2.05) is 12.4 Å². The first kappa shape index (κ1) is 10.4. The number of halogens is 1. The molecule has 0 unspecified atom stereocenters. The summed E-state index contributed by atoms with van der Waals surface area (Å²) in [5.74, 6) is 0.625. The van der Waals surface area contributed by atoms with Gasteiger partial charge in [0.2, 0.25) is 0 Å². The second-order valence-corrected chi connectivity index (χ2v) is 3.22. The van der Waals surface area contributed by atoms with Gasteiger partial charge in [-0.2, -0.15) is 0 Å². The minimum atomic E-state index is 0. The fraction of sp³-hybridized carbons (Fsp3) is 0.556. The molecule has 0 bridgehead atoms. The van der Waals surface area contributed by atoms with Gasteiger partial charge in [-0.05, 0) is 30.9 Å². The van der Waals surface area contributed by atoms with Crippen molar-refractivity contribution >= 4 is 12.4 Å². The predicted octanol–water partition coefficient (Wildman–Crippen LogP) is 1.37. The average molecular weight is 200 g/mol. The van der Waals surface area contributed by atoms with E-state index in [0.29, 0.717) is 5.92 Å². The number of aromatic nitrogens is 2. The lowest BCUT2D eigenvalue weighted by molar-refractivity contribution is 0.460. The Hall–Kier alpha value is -0.670. The van der Waals surface area contributed by atoms with Crippen molar-refractivity contribution in [3.05, 3.63) is 24.3 Å². The van der Waals surface area contributed by atoms with Crippen LogP contribution < -0.4 is 5.32 Å². The Bertz CT molecular complexity index is 234. The van der Waals surface area contributed by atoms with E-state index >= 15 is 0 Å². The SMILES string of the molecule is Cl.c1ncc([C@H]2CCCNC2)cn1. The van der Waals surface area contributed by atoms with Crippen molar-refractivity contribution in [2.75, 3.05) is 13.1 Å². The molecule has 0 amide bonds. The first-order chi connectivity index (χ1) is 5.97. The van der Waals surface area contributed by atoms with Crippen LogP contribution in [-0.2, 0) is 0 Å². The number of piperidine rings is 1. The summed E-state index contributed by atoms with van der Waals surface area (Å²) in [5, 5.41) is 3.38. The van der Waals surface area contributed by atoms with E-state index in [9.17, 15) is 0 Å². The molecule has 1 N–H and O–H groups in total. The molecular formula is C9H14ClN3. The molecule has 4 heteroatoms. The van der Waals surface area contributed by atoms with Crippen molar-refractivity contribution < 1.29 is 0 Å². The first-order valence-electron chi connectivity index (χ1n) is 4.42. The van der Waals surface area contributed by atoms with Crippen LogP contribution in [0.2, 0.25) is 0 Å². The molecule has 1 aromatic rings. The van der Waals surface area contributed by atoms with E-state index in [-0.39, 0.29) is 12.4 Å². The molecule has 2 rings (SSSR count). The van der Waals surface area contributed by atoms with Crippen molar-refractivity contribution in [2.45, 2.75) is 18.8 Å². The van der Waals surface area contributed by atoms with Gasteiger partial charge in [-0.3, -0.25) is 0 Å². The van der Waals surface area contributed by atoms with Gasteiger partial charge in [0.15, 0.2) is 0 Å². The molecule has 0 spiro atoms. The van der Waals surface area contributed by atoms with Gasteiger partial charge in [-0.25, -0.2) is 9.97 Å². The molecule has 1 fully saturated rings. The van der Waals surface area contributed by atoms with Crippen molar-refractivity contribution in [1.82, 2.24) is 15.3 Å². The zero-order valence-electron chi connectivity index (χ0n) is 7.44. The average Bonchev–Trinajstić information content (AvgIpc) is 2.21. The Morgan fingerprint density at radius 2 is 2.08 bits per heavy atom. The summed E-state index contributed by atoms with van der Waals surface area (Å²) in [4.78, 5) is 8.04. The van der Waals surface area contributed by atoms with E-state index < -0.39 is 0 Å². The molecule has 0 radical (unpaired) electrons. The lowest BCUT2D eigenvalue weighted by atomic mass is 9.94. The number of hydrogen-bond donors (Lipinski definition) is 1. The molecule has 0 aliphatic carbocycles. The van der Waals surface area contributed by atoms with Gasteiger partial charge < -0.3 is 5.32 Å². The summed E-state index contributed by atoms with van der Waals surface area (Å²) in [5.41, 5.74) is 1.27. The van der Waals surface area contributed by atoms with Crippen molar-refractivity contribution in [3.8, 4) is 0 Å². The van der Waals surface area contributed by atoms with E-state index in [4.69, 9.17) is 0 Å².